The van der Waals surface area contributed by atoms with Gasteiger partial charge in [-0.1, -0.05) is 54.8 Å². The molecule has 0 aliphatic rings. The highest BCUT2D eigenvalue weighted by atomic mass is 79.9. The van der Waals surface area contributed by atoms with Gasteiger partial charge in [0.25, 0.3) is 0 Å². The van der Waals surface area contributed by atoms with Gasteiger partial charge in [0.1, 0.15) is 0 Å². The van der Waals surface area contributed by atoms with E-state index in [1.165, 1.54) is 24.8 Å². The fraction of sp³-hybridized carbons (Fsp3) is 0.600. The number of alkyl halides is 1. The molecule has 2 heteroatoms. The van der Waals surface area contributed by atoms with Crippen LogP contribution in [0.25, 0.3) is 0 Å². The summed E-state index contributed by atoms with van der Waals surface area (Å²) in [5.74, 6) is 2.21. The molecule has 0 saturated heterocycles. The summed E-state index contributed by atoms with van der Waals surface area (Å²) < 4.78 is 1.14. The van der Waals surface area contributed by atoms with Crippen LogP contribution in [0.2, 0.25) is 0 Å². The van der Waals surface area contributed by atoms with Crippen LogP contribution in [0.15, 0.2) is 28.7 Å². The maximum atomic E-state index is 6.10. The van der Waals surface area contributed by atoms with Gasteiger partial charge in [0.05, 0.1) is 0 Å². The number of halogens is 2. The standard InChI is InChI=1S/C15H22BrCl/c1-3-12(4-2)9-14(11-17)10-13-5-7-15(16)8-6-13/h5-8,12,14H,3-4,9-11H2,1-2H3. The molecule has 0 aliphatic heterocycles. The van der Waals surface area contributed by atoms with Crippen LogP contribution in [-0.2, 0) is 6.42 Å². The van der Waals surface area contributed by atoms with Gasteiger partial charge in [0, 0.05) is 10.4 Å². The minimum absolute atomic E-state index is 0.614. The number of rotatable bonds is 7. The lowest BCUT2D eigenvalue weighted by Gasteiger charge is -2.20. The molecule has 0 amide bonds. The second-order valence-corrected chi connectivity index (χ2v) is 5.99. The second kappa shape index (κ2) is 8.16. The Kier molecular flexibility index (Phi) is 7.22. The molecule has 0 aliphatic carbocycles. The predicted molar refractivity (Wildman–Crippen MR) is 80.7 cm³/mol. The van der Waals surface area contributed by atoms with E-state index >= 15 is 0 Å². The Morgan fingerprint density at radius 1 is 1.06 bits per heavy atom. The highest BCUT2D eigenvalue weighted by molar-refractivity contribution is 9.10. The summed E-state index contributed by atoms with van der Waals surface area (Å²) in [6.45, 7) is 4.55. The van der Waals surface area contributed by atoms with Crippen molar-refractivity contribution in [3.8, 4) is 0 Å². The molecule has 0 N–H and O–H groups in total. The first-order chi connectivity index (χ1) is 8.19. The van der Waals surface area contributed by atoms with Crippen LogP contribution in [0.1, 0.15) is 38.7 Å². The van der Waals surface area contributed by atoms with E-state index in [-0.39, 0.29) is 0 Å². The van der Waals surface area contributed by atoms with Gasteiger partial charge in [-0.15, -0.1) is 11.6 Å². The largest absolute Gasteiger partial charge is 0.126 e. The minimum Gasteiger partial charge on any atom is -0.126 e. The topological polar surface area (TPSA) is 0 Å². The van der Waals surface area contributed by atoms with Crippen molar-refractivity contribution in [2.75, 3.05) is 5.88 Å². The zero-order valence-corrected chi connectivity index (χ0v) is 13.1. The lowest BCUT2D eigenvalue weighted by Crippen LogP contribution is -2.12. The van der Waals surface area contributed by atoms with Crippen molar-refractivity contribution in [2.45, 2.75) is 39.5 Å². The van der Waals surface area contributed by atoms with E-state index in [1.807, 2.05) is 0 Å². The first-order valence-corrected chi connectivity index (χ1v) is 7.82. The number of hydrogen-bond acceptors (Lipinski definition) is 0. The van der Waals surface area contributed by atoms with Gasteiger partial charge in [-0.05, 0) is 42.4 Å². The van der Waals surface area contributed by atoms with Crippen molar-refractivity contribution in [1.82, 2.24) is 0 Å². The van der Waals surface area contributed by atoms with Crippen LogP contribution in [0.3, 0.4) is 0 Å². The maximum Gasteiger partial charge on any atom is 0.0255 e. The molecule has 0 fully saturated rings. The fourth-order valence-corrected chi connectivity index (χ4v) is 2.75. The summed E-state index contributed by atoms with van der Waals surface area (Å²) in [7, 11) is 0. The van der Waals surface area contributed by atoms with Gasteiger partial charge in [-0.2, -0.15) is 0 Å². The van der Waals surface area contributed by atoms with Crippen molar-refractivity contribution < 1.29 is 0 Å². The average Bonchev–Trinajstić information content (AvgIpc) is 2.37. The molecule has 1 rings (SSSR count). The first-order valence-electron chi connectivity index (χ1n) is 6.49. The summed E-state index contributed by atoms with van der Waals surface area (Å²) in [6, 6.07) is 8.60. The molecule has 1 aromatic carbocycles. The van der Waals surface area contributed by atoms with Gasteiger partial charge in [-0.25, -0.2) is 0 Å². The molecule has 1 aromatic rings. The van der Waals surface area contributed by atoms with Crippen molar-refractivity contribution in [2.24, 2.45) is 11.8 Å². The molecule has 0 radical (unpaired) electrons. The molecule has 1 atom stereocenters. The van der Waals surface area contributed by atoms with Crippen LogP contribution < -0.4 is 0 Å². The van der Waals surface area contributed by atoms with Crippen LogP contribution in [0, 0.1) is 11.8 Å². The predicted octanol–water partition coefficient (Wildman–Crippen LogP) is 5.67. The lowest BCUT2D eigenvalue weighted by atomic mass is 9.88. The molecule has 1 unspecified atom stereocenters. The van der Waals surface area contributed by atoms with Gasteiger partial charge in [-0.3, -0.25) is 0 Å². The molecule has 17 heavy (non-hydrogen) atoms. The first kappa shape index (κ1) is 15.0. The Labute approximate surface area is 119 Å². The molecule has 0 nitrogen and oxygen atoms in total. The third-order valence-corrected chi connectivity index (χ3v) is 4.44. The van der Waals surface area contributed by atoms with Gasteiger partial charge >= 0.3 is 0 Å². The SMILES string of the molecule is CCC(CC)CC(CCl)Cc1ccc(Br)cc1. The normalized spacial score (nSPS) is 13.0. The van der Waals surface area contributed by atoms with E-state index in [0.717, 1.165) is 22.7 Å². The number of hydrogen-bond donors (Lipinski definition) is 0. The zero-order valence-electron chi connectivity index (χ0n) is 10.8. The van der Waals surface area contributed by atoms with Crippen LogP contribution >= 0.6 is 27.5 Å². The Bertz CT molecular complexity index is 303. The molecule has 0 saturated carbocycles. The van der Waals surface area contributed by atoms with Crippen LogP contribution in [-0.4, -0.2) is 5.88 Å². The summed E-state index contributed by atoms with van der Waals surface area (Å²) in [6.07, 6.45) is 4.90. The van der Waals surface area contributed by atoms with Gasteiger partial charge < -0.3 is 0 Å². The lowest BCUT2D eigenvalue weighted by molar-refractivity contribution is 0.372. The van der Waals surface area contributed by atoms with E-state index in [4.69, 9.17) is 11.6 Å². The minimum atomic E-state index is 0.614. The van der Waals surface area contributed by atoms with E-state index in [2.05, 4.69) is 54.0 Å². The Morgan fingerprint density at radius 3 is 2.12 bits per heavy atom. The molecule has 96 valence electrons. The highest BCUT2D eigenvalue weighted by Gasteiger charge is 2.14. The Hall–Kier alpha value is -0.0100. The summed E-state index contributed by atoms with van der Waals surface area (Å²) >= 11 is 9.56. The Morgan fingerprint density at radius 2 is 1.65 bits per heavy atom. The molecule has 0 aromatic heterocycles. The summed E-state index contributed by atoms with van der Waals surface area (Å²) in [5.41, 5.74) is 1.39. The molecule has 0 bridgehead atoms. The van der Waals surface area contributed by atoms with Crippen molar-refractivity contribution in [1.29, 1.82) is 0 Å². The third-order valence-electron chi connectivity index (χ3n) is 3.48. The average molecular weight is 318 g/mol. The third kappa shape index (κ3) is 5.44. The summed E-state index contributed by atoms with van der Waals surface area (Å²) in [4.78, 5) is 0. The van der Waals surface area contributed by atoms with Crippen LogP contribution in [0.4, 0.5) is 0 Å². The maximum absolute atomic E-state index is 6.10. The van der Waals surface area contributed by atoms with E-state index in [1.54, 1.807) is 0 Å². The van der Waals surface area contributed by atoms with Crippen LogP contribution in [0.5, 0.6) is 0 Å². The Balaban J connectivity index is 2.54. The van der Waals surface area contributed by atoms with Gasteiger partial charge in [0.15, 0.2) is 0 Å². The monoisotopic (exact) mass is 316 g/mol. The summed E-state index contributed by atoms with van der Waals surface area (Å²) in [5, 5.41) is 0. The van der Waals surface area contributed by atoms with Crippen molar-refractivity contribution in [3.05, 3.63) is 34.3 Å². The highest BCUT2D eigenvalue weighted by Crippen LogP contribution is 2.23. The van der Waals surface area contributed by atoms with Crippen molar-refractivity contribution in [3.63, 3.8) is 0 Å². The van der Waals surface area contributed by atoms with E-state index < -0.39 is 0 Å². The second-order valence-electron chi connectivity index (χ2n) is 4.77. The van der Waals surface area contributed by atoms with E-state index in [9.17, 15) is 0 Å². The van der Waals surface area contributed by atoms with Gasteiger partial charge in [0.2, 0.25) is 0 Å². The molecule has 0 spiro atoms. The zero-order chi connectivity index (χ0) is 12.7. The quantitative estimate of drug-likeness (QED) is 0.568. The smallest absolute Gasteiger partial charge is 0.0255 e. The fourth-order valence-electron chi connectivity index (χ4n) is 2.25. The molecular weight excluding hydrogens is 296 g/mol. The number of benzene rings is 1. The van der Waals surface area contributed by atoms with Crippen molar-refractivity contribution >= 4 is 27.5 Å². The molecule has 0 heterocycles. The molecular formula is C15H22BrCl. The van der Waals surface area contributed by atoms with E-state index in [0.29, 0.717) is 5.92 Å².